The number of likely N-dealkylation sites (tertiary alicyclic amines) is 1. The first-order valence-corrected chi connectivity index (χ1v) is 9.11. The number of rotatable bonds is 5. The van der Waals surface area contributed by atoms with E-state index >= 15 is 0 Å². The Hall–Kier alpha value is -2.27. The summed E-state index contributed by atoms with van der Waals surface area (Å²) in [6.45, 7) is 7.99. The van der Waals surface area contributed by atoms with Crippen molar-refractivity contribution in [3.63, 3.8) is 0 Å². The number of nitrogens with two attached hydrogens (primary N) is 1. The van der Waals surface area contributed by atoms with Crippen LogP contribution in [0.5, 0.6) is 5.75 Å². The first-order valence-electron chi connectivity index (χ1n) is 9.11. The number of furan rings is 1. The van der Waals surface area contributed by atoms with Crippen LogP contribution in [0.4, 0.5) is 0 Å². The Morgan fingerprint density at radius 2 is 2.08 bits per heavy atom. The van der Waals surface area contributed by atoms with Crippen molar-refractivity contribution in [3.05, 3.63) is 53.0 Å². The maximum Gasteiger partial charge on any atom is 0.284 e. The van der Waals surface area contributed by atoms with Crippen molar-refractivity contribution in [2.24, 2.45) is 5.73 Å². The van der Waals surface area contributed by atoms with Crippen LogP contribution >= 0.6 is 0 Å². The molecule has 1 aliphatic rings. The lowest BCUT2D eigenvalue weighted by atomic mass is 9.90. The van der Waals surface area contributed by atoms with Crippen LogP contribution in [-0.4, -0.2) is 24.5 Å². The molecule has 5 heteroatoms. The number of primary amides is 1. The van der Waals surface area contributed by atoms with E-state index in [1.807, 2.05) is 12.1 Å². The fourth-order valence-electron chi connectivity index (χ4n) is 3.83. The number of ether oxygens (including phenoxy) is 1. The normalized spacial score (nSPS) is 18.2. The predicted molar refractivity (Wildman–Crippen MR) is 101 cm³/mol. The van der Waals surface area contributed by atoms with Gasteiger partial charge in [0.05, 0.1) is 7.11 Å². The van der Waals surface area contributed by atoms with Crippen molar-refractivity contribution >= 4 is 5.91 Å². The Bertz CT molecular complexity index is 789. The molecule has 140 valence electrons. The quantitative estimate of drug-likeness (QED) is 0.878. The lowest BCUT2D eigenvalue weighted by Crippen LogP contribution is -2.24. The molecule has 2 heterocycles. The average molecular weight is 356 g/mol. The summed E-state index contributed by atoms with van der Waals surface area (Å²) >= 11 is 0. The van der Waals surface area contributed by atoms with Crippen LogP contribution in [0.2, 0.25) is 0 Å². The van der Waals surface area contributed by atoms with E-state index in [1.165, 1.54) is 5.56 Å². The number of hydrogen-bond donors (Lipinski definition) is 1. The van der Waals surface area contributed by atoms with Crippen molar-refractivity contribution in [1.29, 1.82) is 0 Å². The summed E-state index contributed by atoms with van der Waals surface area (Å²) in [6.07, 6.45) is 2.22. The summed E-state index contributed by atoms with van der Waals surface area (Å²) in [5, 5.41) is 0. The second kappa shape index (κ2) is 7.16. The highest BCUT2D eigenvalue weighted by Crippen LogP contribution is 2.39. The number of methoxy groups -OCH3 is 1. The molecule has 1 fully saturated rings. The zero-order valence-electron chi connectivity index (χ0n) is 16.0. The standard InChI is InChI=1S/C21H28N2O3/c1-21(2,3)19-14(12-18(26-19)20(22)24)13-23-11-7-9-16(23)15-8-5-6-10-17(15)25-4/h5-6,8,10,12,16H,7,9,11,13H2,1-4H3,(H2,22,24)/t16-/m0/s1. The van der Waals surface area contributed by atoms with E-state index in [9.17, 15) is 4.79 Å². The van der Waals surface area contributed by atoms with Crippen LogP contribution in [0.15, 0.2) is 34.7 Å². The largest absolute Gasteiger partial charge is 0.496 e. The number of hydrogen-bond acceptors (Lipinski definition) is 4. The molecule has 1 aromatic carbocycles. The maximum atomic E-state index is 11.6. The van der Waals surface area contributed by atoms with Crippen LogP contribution in [0, 0.1) is 0 Å². The van der Waals surface area contributed by atoms with Crippen molar-refractivity contribution in [2.75, 3.05) is 13.7 Å². The molecule has 0 radical (unpaired) electrons. The Morgan fingerprint density at radius 1 is 1.35 bits per heavy atom. The summed E-state index contributed by atoms with van der Waals surface area (Å²) in [7, 11) is 1.71. The van der Waals surface area contributed by atoms with E-state index in [1.54, 1.807) is 13.2 Å². The summed E-state index contributed by atoms with van der Waals surface area (Å²) < 4.78 is 11.4. The highest BCUT2D eigenvalue weighted by molar-refractivity contribution is 5.90. The average Bonchev–Trinajstić information content (AvgIpc) is 3.22. The van der Waals surface area contributed by atoms with Crippen LogP contribution < -0.4 is 10.5 Å². The van der Waals surface area contributed by atoms with E-state index in [2.05, 4.69) is 37.8 Å². The molecule has 2 N–H and O–H groups in total. The molecular weight excluding hydrogens is 328 g/mol. The van der Waals surface area contributed by atoms with Gasteiger partial charge in [-0.25, -0.2) is 0 Å². The number of amides is 1. The molecule has 1 aromatic heterocycles. The molecule has 26 heavy (non-hydrogen) atoms. The van der Waals surface area contributed by atoms with Gasteiger partial charge in [0.25, 0.3) is 5.91 Å². The highest BCUT2D eigenvalue weighted by Gasteiger charge is 2.31. The number of nitrogens with zero attached hydrogens (tertiary/aromatic N) is 1. The molecular formula is C21H28N2O3. The molecule has 0 bridgehead atoms. The summed E-state index contributed by atoms with van der Waals surface area (Å²) in [5.41, 5.74) is 7.50. The van der Waals surface area contributed by atoms with E-state index < -0.39 is 5.91 Å². The molecule has 0 spiro atoms. The summed E-state index contributed by atoms with van der Waals surface area (Å²) in [4.78, 5) is 14.0. The molecule has 0 unspecified atom stereocenters. The maximum absolute atomic E-state index is 11.6. The number of para-hydroxylation sites is 1. The van der Waals surface area contributed by atoms with E-state index in [4.69, 9.17) is 14.9 Å². The molecule has 1 aliphatic heterocycles. The second-order valence-electron chi connectivity index (χ2n) is 7.95. The number of benzene rings is 1. The van der Waals surface area contributed by atoms with Crippen LogP contribution in [0.3, 0.4) is 0 Å². The Morgan fingerprint density at radius 3 is 2.73 bits per heavy atom. The Kier molecular flexibility index (Phi) is 5.10. The van der Waals surface area contributed by atoms with Gasteiger partial charge in [-0.3, -0.25) is 9.69 Å². The van der Waals surface area contributed by atoms with Gasteiger partial charge in [0.15, 0.2) is 5.76 Å². The van der Waals surface area contributed by atoms with Gasteiger partial charge in [-0.2, -0.15) is 0 Å². The molecule has 1 saturated heterocycles. The highest BCUT2D eigenvalue weighted by atomic mass is 16.5. The second-order valence-corrected chi connectivity index (χ2v) is 7.95. The Balaban J connectivity index is 1.92. The van der Waals surface area contributed by atoms with E-state index in [-0.39, 0.29) is 11.2 Å². The lowest BCUT2D eigenvalue weighted by Gasteiger charge is -2.27. The van der Waals surface area contributed by atoms with Gasteiger partial charge < -0.3 is 14.9 Å². The molecule has 0 aliphatic carbocycles. The van der Waals surface area contributed by atoms with E-state index in [0.717, 1.165) is 43.0 Å². The van der Waals surface area contributed by atoms with Gasteiger partial charge in [0.2, 0.25) is 0 Å². The van der Waals surface area contributed by atoms with Crippen molar-refractivity contribution in [1.82, 2.24) is 4.90 Å². The monoisotopic (exact) mass is 356 g/mol. The minimum atomic E-state index is -0.524. The van der Waals surface area contributed by atoms with Gasteiger partial charge in [-0.1, -0.05) is 39.0 Å². The van der Waals surface area contributed by atoms with Crippen LogP contribution in [-0.2, 0) is 12.0 Å². The minimum Gasteiger partial charge on any atom is -0.496 e. The number of carbonyl (C=O) groups excluding carboxylic acids is 1. The van der Waals surface area contributed by atoms with Gasteiger partial charge in [-0.05, 0) is 31.5 Å². The van der Waals surface area contributed by atoms with Crippen LogP contribution in [0.25, 0.3) is 0 Å². The fourth-order valence-corrected chi connectivity index (χ4v) is 3.83. The van der Waals surface area contributed by atoms with Crippen molar-refractivity contribution in [3.8, 4) is 5.75 Å². The third-order valence-corrected chi connectivity index (χ3v) is 4.97. The molecule has 1 amide bonds. The first-order chi connectivity index (χ1) is 12.3. The van der Waals surface area contributed by atoms with Crippen molar-refractivity contribution in [2.45, 2.75) is 51.6 Å². The summed E-state index contributed by atoms with van der Waals surface area (Å²) in [5.74, 6) is 1.46. The molecule has 3 rings (SSSR count). The topological polar surface area (TPSA) is 68.7 Å². The third-order valence-electron chi connectivity index (χ3n) is 4.97. The van der Waals surface area contributed by atoms with Gasteiger partial charge in [0, 0.05) is 29.1 Å². The Labute approximate surface area is 155 Å². The molecule has 5 nitrogen and oxygen atoms in total. The fraction of sp³-hybridized carbons (Fsp3) is 0.476. The van der Waals surface area contributed by atoms with E-state index in [0.29, 0.717) is 6.04 Å². The molecule has 2 aromatic rings. The molecule has 0 saturated carbocycles. The van der Waals surface area contributed by atoms with Crippen LogP contribution in [0.1, 0.15) is 67.1 Å². The zero-order chi connectivity index (χ0) is 18.9. The minimum absolute atomic E-state index is 0.192. The first kappa shape index (κ1) is 18.5. The van der Waals surface area contributed by atoms with Crippen molar-refractivity contribution < 1.29 is 13.9 Å². The smallest absolute Gasteiger partial charge is 0.284 e. The summed E-state index contributed by atoms with van der Waals surface area (Å²) in [6, 6.07) is 10.3. The molecule has 1 atom stereocenters. The van der Waals surface area contributed by atoms with Gasteiger partial charge in [-0.15, -0.1) is 0 Å². The number of carbonyl (C=O) groups is 1. The SMILES string of the molecule is COc1ccccc1[C@@H]1CCCN1Cc1cc(C(N)=O)oc1C(C)(C)C. The third kappa shape index (κ3) is 3.63. The predicted octanol–water partition coefficient (Wildman–Crippen LogP) is 4.02. The van der Waals surface area contributed by atoms with Gasteiger partial charge >= 0.3 is 0 Å². The lowest BCUT2D eigenvalue weighted by molar-refractivity contribution is 0.0970. The zero-order valence-corrected chi connectivity index (χ0v) is 16.0. The van der Waals surface area contributed by atoms with Gasteiger partial charge in [0.1, 0.15) is 11.5 Å².